The van der Waals surface area contributed by atoms with Crippen LogP contribution in [0, 0.1) is 5.92 Å². The summed E-state index contributed by atoms with van der Waals surface area (Å²) in [5, 5.41) is 3.23. The van der Waals surface area contributed by atoms with Gasteiger partial charge in [-0.2, -0.15) is 0 Å². The predicted molar refractivity (Wildman–Crippen MR) is 120 cm³/mol. The minimum atomic E-state index is -3.27. The number of sulfonamides is 1. The van der Waals surface area contributed by atoms with E-state index < -0.39 is 10.0 Å². The van der Waals surface area contributed by atoms with Gasteiger partial charge in [-0.3, -0.25) is 9.10 Å². The number of anilines is 1. The van der Waals surface area contributed by atoms with Gasteiger partial charge in [0.1, 0.15) is 0 Å². The molecule has 160 valence electrons. The molecule has 0 unspecified atom stereocenters. The molecule has 0 aromatic heterocycles. The van der Waals surface area contributed by atoms with Crippen LogP contribution in [-0.2, 0) is 10.0 Å². The van der Waals surface area contributed by atoms with E-state index in [0.29, 0.717) is 30.1 Å². The molecule has 1 amide bonds. The van der Waals surface area contributed by atoms with Gasteiger partial charge in [0.2, 0.25) is 10.0 Å². The molecule has 2 aliphatic rings. The molecule has 1 saturated carbocycles. The molecule has 5 nitrogen and oxygen atoms in total. The van der Waals surface area contributed by atoms with Crippen LogP contribution in [0.4, 0.5) is 5.69 Å². The molecule has 0 spiro atoms. The van der Waals surface area contributed by atoms with Crippen LogP contribution in [0.5, 0.6) is 0 Å². The zero-order valence-corrected chi connectivity index (χ0v) is 18.1. The Labute approximate surface area is 179 Å². The maximum absolute atomic E-state index is 13.1. The molecule has 2 aromatic carbocycles. The molecule has 1 saturated heterocycles. The first-order valence-electron chi connectivity index (χ1n) is 11.0. The van der Waals surface area contributed by atoms with Crippen LogP contribution in [0.2, 0.25) is 0 Å². The van der Waals surface area contributed by atoms with E-state index in [4.69, 9.17) is 0 Å². The number of hydrogen-bond acceptors (Lipinski definition) is 3. The van der Waals surface area contributed by atoms with Crippen molar-refractivity contribution in [2.24, 2.45) is 5.92 Å². The standard InChI is InChI=1S/C24H30N2O3S/c27-24(21-13-7-14-22(18-21)26-15-8-16-30(26,28)29)25-23(20-11-5-2-6-12-20)17-19-9-3-1-4-10-19/h2,5-7,11-14,18-19,23H,1,3-4,8-10,15-17H2,(H,25,27)/t23-/m0/s1. The molecule has 30 heavy (non-hydrogen) atoms. The minimum Gasteiger partial charge on any atom is -0.345 e. The van der Waals surface area contributed by atoms with Gasteiger partial charge in [-0.25, -0.2) is 8.42 Å². The van der Waals surface area contributed by atoms with Crippen LogP contribution in [0.15, 0.2) is 54.6 Å². The lowest BCUT2D eigenvalue weighted by Crippen LogP contribution is -2.31. The third-order valence-corrected chi connectivity index (χ3v) is 8.17. The van der Waals surface area contributed by atoms with E-state index in [1.165, 1.54) is 36.4 Å². The van der Waals surface area contributed by atoms with E-state index in [1.54, 1.807) is 24.3 Å². The van der Waals surface area contributed by atoms with Gasteiger partial charge in [0.05, 0.1) is 17.5 Å². The van der Waals surface area contributed by atoms with Crippen molar-refractivity contribution in [1.29, 1.82) is 0 Å². The molecule has 0 radical (unpaired) electrons. The van der Waals surface area contributed by atoms with Crippen molar-refractivity contribution in [1.82, 2.24) is 5.32 Å². The fourth-order valence-electron chi connectivity index (χ4n) is 4.69. The monoisotopic (exact) mass is 426 g/mol. The van der Waals surface area contributed by atoms with Gasteiger partial charge in [0.15, 0.2) is 0 Å². The van der Waals surface area contributed by atoms with E-state index >= 15 is 0 Å². The summed E-state index contributed by atoms with van der Waals surface area (Å²) >= 11 is 0. The first kappa shape index (κ1) is 20.9. The summed E-state index contributed by atoms with van der Waals surface area (Å²) in [6.07, 6.45) is 7.86. The van der Waals surface area contributed by atoms with Crippen molar-refractivity contribution in [3.8, 4) is 0 Å². The third kappa shape index (κ3) is 4.86. The topological polar surface area (TPSA) is 66.5 Å². The Bertz CT molecular complexity index is 969. The summed E-state index contributed by atoms with van der Waals surface area (Å²) in [6.45, 7) is 0.474. The van der Waals surface area contributed by atoms with E-state index in [0.717, 1.165) is 12.0 Å². The van der Waals surface area contributed by atoms with Gasteiger partial charge >= 0.3 is 0 Å². The maximum atomic E-state index is 13.1. The fraction of sp³-hybridized carbons (Fsp3) is 0.458. The predicted octanol–water partition coefficient (Wildman–Crippen LogP) is 4.67. The molecular weight excluding hydrogens is 396 g/mol. The van der Waals surface area contributed by atoms with Crippen molar-refractivity contribution in [3.63, 3.8) is 0 Å². The first-order valence-corrected chi connectivity index (χ1v) is 12.6. The summed E-state index contributed by atoms with van der Waals surface area (Å²) in [7, 11) is -3.27. The SMILES string of the molecule is O=C(N[C@@H](CC1CCCCC1)c1ccccc1)c1cccc(N2CCCS2(=O)=O)c1. The van der Waals surface area contributed by atoms with Crippen LogP contribution in [0.25, 0.3) is 0 Å². The number of carbonyl (C=O) groups is 1. The van der Waals surface area contributed by atoms with Gasteiger partial charge in [-0.15, -0.1) is 0 Å². The third-order valence-electron chi connectivity index (χ3n) is 6.30. The Morgan fingerprint density at radius 1 is 1.00 bits per heavy atom. The van der Waals surface area contributed by atoms with Gasteiger partial charge in [0.25, 0.3) is 5.91 Å². The van der Waals surface area contributed by atoms with E-state index in [9.17, 15) is 13.2 Å². The molecule has 4 rings (SSSR count). The zero-order valence-electron chi connectivity index (χ0n) is 17.3. The molecule has 1 N–H and O–H groups in total. The zero-order chi connectivity index (χ0) is 21.0. The molecule has 1 heterocycles. The summed E-state index contributed by atoms with van der Waals surface area (Å²) < 4.78 is 25.9. The maximum Gasteiger partial charge on any atom is 0.251 e. The molecule has 1 aliphatic carbocycles. The van der Waals surface area contributed by atoms with Gasteiger partial charge in [0, 0.05) is 12.1 Å². The highest BCUT2D eigenvalue weighted by Gasteiger charge is 2.29. The van der Waals surface area contributed by atoms with E-state index in [2.05, 4.69) is 17.4 Å². The highest BCUT2D eigenvalue weighted by atomic mass is 32.2. The van der Waals surface area contributed by atoms with Crippen molar-refractivity contribution in [3.05, 3.63) is 65.7 Å². The average molecular weight is 427 g/mol. The summed E-state index contributed by atoms with van der Waals surface area (Å²) in [5.74, 6) is 0.643. The Hall–Kier alpha value is -2.34. The number of nitrogens with zero attached hydrogens (tertiary/aromatic N) is 1. The smallest absolute Gasteiger partial charge is 0.251 e. The second kappa shape index (κ2) is 9.21. The van der Waals surface area contributed by atoms with Crippen LogP contribution >= 0.6 is 0 Å². The second-order valence-corrected chi connectivity index (χ2v) is 10.5. The Kier molecular flexibility index (Phi) is 6.42. The molecule has 1 atom stereocenters. The lowest BCUT2D eigenvalue weighted by Gasteiger charge is -2.27. The molecule has 6 heteroatoms. The van der Waals surface area contributed by atoms with Crippen molar-refractivity contribution < 1.29 is 13.2 Å². The Morgan fingerprint density at radius 3 is 2.47 bits per heavy atom. The number of carbonyl (C=O) groups excluding carboxylic acids is 1. The van der Waals surface area contributed by atoms with Crippen LogP contribution in [-0.4, -0.2) is 26.6 Å². The molecule has 2 fully saturated rings. The van der Waals surface area contributed by atoms with Gasteiger partial charge in [-0.05, 0) is 42.5 Å². The number of rotatable bonds is 6. The molecule has 0 bridgehead atoms. The lowest BCUT2D eigenvalue weighted by atomic mass is 9.83. The molecular formula is C24H30N2O3S. The van der Waals surface area contributed by atoms with Crippen molar-refractivity contribution in [2.45, 2.75) is 51.0 Å². The van der Waals surface area contributed by atoms with E-state index in [1.807, 2.05) is 18.2 Å². The summed E-state index contributed by atoms with van der Waals surface area (Å²) in [5.41, 5.74) is 2.19. The lowest BCUT2D eigenvalue weighted by molar-refractivity contribution is 0.0928. The van der Waals surface area contributed by atoms with Gasteiger partial charge in [-0.1, -0.05) is 68.5 Å². The highest BCUT2D eigenvalue weighted by molar-refractivity contribution is 7.93. The molecule has 1 aliphatic heterocycles. The van der Waals surface area contributed by atoms with E-state index in [-0.39, 0.29) is 17.7 Å². The van der Waals surface area contributed by atoms with Crippen molar-refractivity contribution >= 4 is 21.6 Å². The van der Waals surface area contributed by atoms with Crippen molar-refractivity contribution in [2.75, 3.05) is 16.6 Å². The quantitative estimate of drug-likeness (QED) is 0.730. The largest absolute Gasteiger partial charge is 0.345 e. The normalized spacial score (nSPS) is 20.1. The minimum absolute atomic E-state index is 0.0408. The first-order chi connectivity index (χ1) is 14.5. The number of benzene rings is 2. The summed E-state index contributed by atoms with van der Waals surface area (Å²) in [4.78, 5) is 13.1. The van der Waals surface area contributed by atoms with Crippen LogP contribution in [0.1, 0.15) is 66.9 Å². The van der Waals surface area contributed by atoms with Crippen LogP contribution in [0.3, 0.4) is 0 Å². The van der Waals surface area contributed by atoms with Crippen LogP contribution < -0.4 is 9.62 Å². The Morgan fingerprint density at radius 2 is 1.77 bits per heavy atom. The second-order valence-electron chi connectivity index (χ2n) is 8.47. The highest BCUT2D eigenvalue weighted by Crippen LogP contribution is 2.32. The average Bonchev–Trinajstić information content (AvgIpc) is 3.13. The number of nitrogens with one attached hydrogen (secondary N) is 1. The fourth-order valence-corrected chi connectivity index (χ4v) is 6.25. The summed E-state index contributed by atoms with van der Waals surface area (Å²) in [6, 6.07) is 17.1. The number of hydrogen-bond donors (Lipinski definition) is 1. The molecule has 2 aromatic rings. The number of amides is 1. The Balaban J connectivity index is 1.53. The van der Waals surface area contributed by atoms with Gasteiger partial charge < -0.3 is 5.32 Å².